The van der Waals surface area contributed by atoms with Crippen LogP contribution in [0.4, 0.5) is 5.69 Å². The lowest BCUT2D eigenvalue weighted by molar-refractivity contribution is -0.384. The van der Waals surface area contributed by atoms with Gasteiger partial charge in [-0.3, -0.25) is 19.7 Å². The molecule has 7 nitrogen and oxygen atoms in total. The molecular weight excluding hydrogens is 378 g/mol. The number of nitro benzene ring substituents is 1. The number of nitrogens with one attached hydrogen (secondary N) is 1. The van der Waals surface area contributed by atoms with Gasteiger partial charge in [0.15, 0.2) is 0 Å². The molecule has 0 saturated carbocycles. The maximum Gasteiger partial charge on any atom is 0.269 e. The van der Waals surface area contributed by atoms with Crippen LogP contribution in [0.5, 0.6) is 0 Å². The van der Waals surface area contributed by atoms with E-state index in [1.807, 2.05) is 17.0 Å². The molecule has 0 radical (unpaired) electrons. The van der Waals surface area contributed by atoms with Gasteiger partial charge in [-0.25, -0.2) is 0 Å². The second-order valence-corrected chi connectivity index (χ2v) is 7.50. The molecule has 1 heterocycles. The average molecular weight is 399 g/mol. The van der Waals surface area contributed by atoms with E-state index in [-0.39, 0.29) is 24.0 Å². The number of benzene rings is 2. The molecule has 1 fully saturated rings. The molecule has 8 heteroatoms. The predicted molar refractivity (Wildman–Crippen MR) is 107 cm³/mol. The Bertz CT molecular complexity index is 864. The quantitative estimate of drug-likeness (QED) is 0.438. The summed E-state index contributed by atoms with van der Waals surface area (Å²) >= 11 is 1.37. The van der Waals surface area contributed by atoms with E-state index >= 15 is 0 Å². The molecule has 0 aliphatic carbocycles. The maximum atomic E-state index is 12.6. The highest BCUT2D eigenvalue weighted by Gasteiger charge is 2.19. The Morgan fingerprint density at radius 2 is 1.75 bits per heavy atom. The van der Waals surface area contributed by atoms with E-state index in [1.54, 1.807) is 24.3 Å². The van der Waals surface area contributed by atoms with Gasteiger partial charge >= 0.3 is 0 Å². The van der Waals surface area contributed by atoms with Crippen molar-refractivity contribution in [2.45, 2.75) is 24.3 Å². The van der Waals surface area contributed by atoms with E-state index < -0.39 is 4.92 Å². The van der Waals surface area contributed by atoms with Gasteiger partial charge in [0.25, 0.3) is 11.6 Å². The van der Waals surface area contributed by atoms with E-state index in [4.69, 9.17) is 0 Å². The van der Waals surface area contributed by atoms with Crippen molar-refractivity contribution in [2.24, 2.45) is 0 Å². The number of nitrogens with zero attached hydrogens (tertiary/aromatic N) is 2. The fourth-order valence-electron chi connectivity index (χ4n) is 2.99. The van der Waals surface area contributed by atoms with Gasteiger partial charge in [-0.15, -0.1) is 11.8 Å². The molecule has 0 bridgehead atoms. The summed E-state index contributed by atoms with van der Waals surface area (Å²) in [7, 11) is 0. The summed E-state index contributed by atoms with van der Waals surface area (Å²) in [6, 6.07) is 13.3. The van der Waals surface area contributed by atoms with Gasteiger partial charge in [0.1, 0.15) is 0 Å². The molecule has 0 atom stereocenters. The average Bonchev–Trinajstić information content (AvgIpc) is 3.26. The van der Waals surface area contributed by atoms with Crippen LogP contribution in [0.25, 0.3) is 0 Å². The highest BCUT2D eigenvalue weighted by molar-refractivity contribution is 8.00. The first-order valence-electron chi connectivity index (χ1n) is 9.06. The van der Waals surface area contributed by atoms with Gasteiger partial charge in [-0.1, -0.05) is 24.3 Å². The van der Waals surface area contributed by atoms with Gasteiger partial charge in [0.2, 0.25) is 5.91 Å². The zero-order chi connectivity index (χ0) is 19.9. The maximum absolute atomic E-state index is 12.6. The van der Waals surface area contributed by atoms with Crippen LogP contribution in [-0.4, -0.2) is 40.5 Å². The Morgan fingerprint density at radius 1 is 1.07 bits per heavy atom. The largest absolute Gasteiger partial charge is 0.348 e. The summed E-state index contributed by atoms with van der Waals surface area (Å²) < 4.78 is 0. The summed E-state index contributed by atoms with van der Waals surface area (Å²) in [4.78, 5) is 37.7. The van der Waals surface area contributed by atoms with E-state index in [0.29, 0.717) is 11.3 Å². The number of hydrogen-bond donors (Lipinski definition) is 1. The number of carbonyl (C=O) groups is 2. The van der Waals surface area contributed by atoms with E-state index in [0.717, 1.165) is 36.4 Å². The molecule has 3 rings (SSSR count). The van der Waals surface area contributed by atoms with Crippen molar-refractivity contribution in [3.63, 3.8) is 0 Å². The fraction of sp³-hybridized carbons (Fsp3) is 0.300. The highest BCUT2D eigenvalue weighted by atomic mass is 32.2. The van der Waals surface area contributed by atoms with Crippen LogP contribution >= 0.6 is 11.8 Å². The third kappa shape index (κ3) is 5.10. The number of nitro groups is 1. The number of rotatable bonds is 7. The molecule has 1 aliphatic heterocycles. The smallest absolute Gasteiger partial charge is 0.269 e. The highest BCUT2D eigenvalue weighted by Crippen LogP contribution is 2.24. The second kappa shape index (κ2) is 9.36. The van der Waals surface area contributed by atoms with Crippen LogP contribution < -0.4 is 5.32 Å². The molecule has 2 amide bonds. The van der Waals surface area contributed by atoms with Crippen LogP contribution in [0.3, 0.4) is 0 Å². The lowest BCUT2D eigenvalue weighted by atomic mass is 10.2. The van der Waals surface area contributed by atoms with Crippen molar-refractivity contribution in [3.8, 4) is 0 Å². The summed E-state index contributed by atoms with van der Waals surface area (Å²) in [5.41, 5.74) is 1.30. The Morgan fingerprint density at radius 3 is 2.43 bits per heavy atom. The molecule has 1 aliphatic rings. The van der Waals surface area contributed by atoms with Crippen LogP contribution in [-0.2, 0) is 11.3 Å². The predicted octanol–water partition coefficient (Wildman–Crippen LogP) is 3.24. The zero-order valence-corrected chi connectivity index (χ0v) is 16.1. The molecule has 2 aromatic rings. The molecular formula is C20H21N3O4S. The molecule has 1 saturated heterocycles. The van der Waals surface area contributed by atoms with Crippen molar-refractivity contribution in [1.82, 2.24) is 10.2 Å². The fourth-order valence-corrected chi connectivity index (χ4v) is 3.94. The summed E-state index contributed by atoms with van der Waals surface area (Å²) in [5.74, 6) is 0.172. The van der Waals surface area contributed by atoms with Crippen LogP contribution in [0.2, 0.25) is 0 Å². The Kier molecular flexibility index (Phi) is 6.65. The standard InChI is InChI=1S/C20H21N3O4S/c24-19(22-11-3-4-12-22)14-28-18-6-2-1-5-17(18)20(25)21-13-15-7-9-16(10-8-15)23(26)27/h1-2,5-10H,3-4,11-14H2,(H,21,25). The topological polar surface area (TPSA) is 92.5 Å². The van der Waals surface area contributed by atoms with Gasteiger partial charge < -0.3 is 10.2 Å². The number of thioether (sulfide) groups is 1. The second-order valence-electron chi connectivity index (χ2n) is 6.48. The third-order valence-electron chi connectivity index (χ3n) is 4.54. The lowest BCUT2D eigenvalue weighted by Crippen LogP contribution is -2.29. The molecule has 0 spiro atoms. The first kappa shape index (κ1) is 19.9. The molecule has 146 valence electrons. The number of hydrogen-bond acceptors (Lipinski definition) is 5. The third-order valence-corrected chi connectivity index (χ3v) is 5.60. The van der Waals surface area contributed by atoms with Gasteiger partial charge in [0, 0.05) is 36.7 Å². The van der Waals surface area contributed by atoms with Crippen LogP contribution in [0.1, 0.15) is 28.8 Å². The number of non-ortho nitro benzene ring substituents is 1. The molecule has 1 N–H and O–H groups in total. The SMILES string of the molecule is O=C(NCc1ccc([N+](=O)[O-])cc1)c1ccccc1SCC(=O)N1CCCC1. The Balaban J connectivity index is 1.58. The Labute approximate surface area is 167 Å². The first-order valence-corrected chi connectivity index (χ1v) is 10.0. The van der Waals surface area contributed by atoms with Crippen molar-refractivity contribution in [2.75, 3.05) is 18.8 Å². The summed E-state index contributed by atoms with van der Waals surface area (Å²) in [5, 5.41) is 13.5. The molecule has 28 heavy (non-hydrogen) atoms. The van der Waals surface area contributed by atoms with Gasteiger partial charge in [0.05, 0.1) is 16.2 Å². The van der Waals surface area contributed by atoms with Crippen LogP contribution in [0, 0.1) is 10.1 Å². The van der Waals surface area contributed by atoms with E-state index in [9.17, 15) is 19.7 Å². The molecule has 0 unspecified atom stereocenters. The lowest BCUT2D eigenvalue weighted by Gasteiger charge is -2.15. The zero-order valence-electron chi connectivity index (χ0n) is 15.3. The Hall–Kier alpha value is -2.87. The van der Waals surface area contributed by atoms with Crippen molar-refractivity contribution < 1.29 is 14.5 Å². The first-order chi connectivity index (χ1) is 13.5. The van der Waals surface area contributed by atoms with Gasteiger partial charge in [-0.05, 0) is 30.5 Å². The number of amides is 2. The molecule has 0 aromatic heterocycles. The molecule has 2 aromatic carbocycles. The minimum absolute atomic E-state index is 0.0134. The van der Waals surface area contributed by atoms with E-state index in [1.165, 1.54) is 23.9 Å². The van der Waals surface area contributed by atoms with Crippen molar-refractivity contribution >= 4 is 29.3 Å². The number of carbonyl (C=O) groups excluding carboxylic acids is 2. The van der Waals surface area contributed by atoms with Crippen molar-refractivity contribution in [3.05, 3.63) is 69.8 Å². The summed E-state index contributed by atoms with van der Waals surface area (Å²) in [6.45, 7) is 1.90. The normalized spacial score (nSPS) is 13.4. The van der Waals surface area contributed by atoms with Crippen molar-refractivity contribution in [1.29, 1.82) is 0 Å². The van der Waals surface area contributed by atoms with E-state index in [2.05, 4.69) is 5.32 Å². The number of likely N-dealkylation sites (tertiary alicyclic amines) is 1. The van der Waals surface area contributed by atoms with Gasteiger partial charge in [-0.2, -0.15) is 0 Å². The minimum Gasteiger partial charge on any atom is -0.348 e. The monoisotopic (exact) mass is 399 g/mol. The minimum atomic E-state index is -0.459. The summed E-state index contributed by atoms with van der Waals surface area (Å²) in [6.07, 6.45) is 2.11. The van der Waals surface area contributed by atoms with Crippen LogP contribution in [0.15, 0.2) is 53.4 Å².